The van der Waals surface area contributed by atoms with Crippen LogP contribution in [0.5, 0.6) is 23.0 Å². The third-order valence-corrected chi connectivity index (χ3v) is 3.91. The summed E-state index contributed by atoms with van der Waals surface area (Å²) in [4.78, 5) is 0. The highest BCUT2D eigenvalue weighted by molar-refractivity contribution is 5.53. The van der Waals surface area contributed by atoms with Crippen LogP contribution < -0.4 is 24.3 Å². The SMILES string of the molecule is COc1ccccc1CC[NH2+]Cc1cc(OC)c(OC)c(OC)c1. The van der Waals surface area contributed by atoms with Gasteiger partial charge in [-0.15, -0.1) is 0 Å². The van der Waals surface area contributed by atoms with Gasteiger partial charge in [0.25, 0.3) is 0 Å². The minimum Gasteiger partial charge on any atom is -0.496 e. The van der Waals surface area contributed by atoms with Gasteiger partial charge in [0.15, 0.2) is 11.5 Å². The first-order valence-electron chi connectivity index (χ1n) is 7.96. The number of benzene rings is 2. The number of rotatable bonds is 9. The summed E-state index contributed by atoms with van der Waals surface area (Å²) in [7, 11) is 6.58. The van der Waals surface area contributed by atoms with Gasteiger partial charge in [0.2, 0.25) is 5.75 Å². The molecule has 2 N–H and O–H groups in total. The van der Waals surface area contributed by atoms with Crippen LogP contribution in [0.3, 0.4) is 0 Å². The number of nitrogens with two attached hydrogens (primary N) is 1. The van der Waals surface area contributed by atoms with Crippen molar-refractivity contribution in [3.8, 4) is 23.0 Å². The molecular weight excluding hydrogens is 306 g/mol. The molecule has 0 aromatic heterocycles. The van der Waals surface area contributed by atoms with Crippen LogP contribution >= 0.6 is 0 Å². The molecule has 0 atom stereocenters. The summed E-state index contributed by atoms with van der Waals surface area (Å²) in [6, 6.07) is 12.1. The Morgan fingerprint density at radius 1 is 0.792 bits per heavy atom. The maximum atomic E-state index is 5.39. The molecule has 0 fully saturated rings. The van der Waals surface area contributed by atoms with E-state index in [-0.39, 0.29) is 0 Å². The van der Waals surface area contributed by atoms with Gasteiger partial charge >= 0.3 is 0 Å². The Balaban J connectivity index is 1.97. The zero-order valence-corrected chi connectivity index (χ0v) is 14.8. The topological polar surface area (TPSA) is 53.5 Å². The molecule has 24 heavy (non-hydrogen) atoms. The second kappa shape index (κ2) is 9.03. The predicted molar refractivity (Wildman–Crippen MR) is 93.3 cm³/mol. The van der Waals surface area contributed by atoms with E-state index in [0.29, 0.717) is 17.2 Å². The molecule has 0 aliphatic carbocycles. The second-order valence-electron chi connectivity index (χ2n) is 5.38. The average molecular weight is 332 g/mol. The van der Waals surface area contributed by atoms with E-state index in [1.807, 2.05) is 30.3 Å². The summed E-state index contributed by atoms with van der Waals surface area (Å²) < 4.78 is 21.5. The first-order chi connectivity index (χ1) is 11.7. The van der Waals surface area contributed by atoms with Crippen molar-refractivity contribution in [2.75, 3.05) is 35.0 Å². The lowest BCUT2D eigenvalue weighted by Crippen LogP contribution is -2.83. The first-order valence-corrected chi connectivity index (χ1v) is 7.96. The fourth-order valence-electron chi connectivity index (χ4n) is 2.69. The van der Waals surface area contributed by atoms with Crippen molar-refractivity contribution in [1.29, 1.82) is 0 Å². The van der Waals surface area contributed by atoms with Gasteiger partial charge in [-0.3, -0.25) is 0 Å². The molecule has 2 aromatic carbocycles. The van der Waals surface area contributed by atoms with Crippen LogP contribution in [0.1, 0.15) is 11.1 Å². The van der Waals surface area contributed by atoms with Crippen molar-refractivity contribution in [2.24, 2.45) is 0 Å². The van der Waals surface area contributed by atoms with E-state index in [2.05, 4.69) is 11.4 Å². The molecular formula is C19H26NO4+. The molecule has 0 amide bonds. The molecule has 0 spiro atoms. The van der Waals surface area contributed by atoms with Crippen LogP contribution in [0.2, 0.25) is 0 Å². The van der Waals surface area contributed by atoms with Crippen LogP contribution in [0.25, 0.3) is 0 Å². The van der Waals surface area contributed by atoms with Gasteiger partial charge in [-0.25, -0.2) is 0 Å². The van der Waals surface area contributed by atoms with Gasteiger partial charge in [0.05, 0.1) is 35.0 Å². The third kappa shape index (κ3) is 4.32. The number of para-hydroxylation sites is 1. The highest BCUT2D eigenvalue weighted by Crippen LogP contribution is 2.37. The van der Waals surface area contributed by atoms with Crippen LogP contribution in [-0.2, 0) is 13.0 Å². The van der Waals surface area contributed by atoms with Gasteiger partial charge in [0.1, 0.15) is 12.3 Å². The van der Waals surface area contributed by atoms with Crippen molar-refractivity contribution in [3.63, 3.8) is 0 Å². The first kappa shape index (κ1) is 17.9. The Morgan fingerprint density at radius 2 is 1.42 bits per heavy atom. The quantitative estimate of drug-likeness (QED) is 0.714. The van der Waals surface area contributed by atoms with Crippen molar-refractivity contribution in [1.82, 2.24) is 0 Å². The molecule has 5 nitrogen and oxygen atoms in total. The summed E-state index contributed by atoms with van der Waals surface area (Å²) in [6.45, 7) is 1.81. The van der Waals surface area contributed by atoms with Crippen LogP contribution in [-0.4, -0.2) is 35.0 Å². The molecule has 2 rings (SSSR count). The normalized spacial score (nSPS) is 10.3. The van der Waals surface area contributed by atoms with Gasteiger partial charge in [0, 0.05) is 12.0 Å². The average Bonchev–Trinajstić information content (AvgIpc) is 2.64. The van der Waals surface area contributed by atoms with E-state index in [0.717, 1.165) is 30.8 Å². The highest BCUT2D eigenvalue weighted by atomic mass is 16.5. The van der Waals surface area contributed by atoms with Gasteiger partial charge in [-0.1, -0.05) is 18.2 Å². The highest BCUT2D eigenvalue weighted by Gasteiger charge is 2.13. The molecule has 0 unspecified atom stereocenters. The third-order valence-electron chi connectivity index (χ3n) is 3.91. The van der Waals surface area contributed by atoms with E-state index in [1.165, 1.54) is 5.56 Å². The smallest absolute Gasteiger partial charge is 0.203 e. The van der Waals surface area contributed by atoms with Crippen LogP contribution in [0, 0.1) is 0 Å². The minimum absolute atomic E-state index is 0.623. The number of quaternary nitrogens is 1. The Hall–Kier alpha value is -2.40. The van der Waals surface area contributed by atoms with E-state index in [4.69, 9.17) is 18.9 Å². The van der Waals surface area contributed by atoms with Gasteiger partial charge in [-0.2, -0.15) is 0 Å². The van der Waals surface area contributed by atoms with E-state index < -0.39 is 0 Å². The summed E-state index contributed by atoms with van der Waals surface area (Å²) in [5.74, 6) is 2.94. The van der Waals surface area contributed by atoms with Crippen molar-refractivity contribution >= 4 is 0 Å². The van der Waals surface area contributed by atoms with Gasteiger partial charge < -0.3 is 24.3 Å². The van der Waals surface area contributed by atoms with Crippen molar-refractivity contribution in [2.45, 2.75) is 13.0 Å². The summed E-state index contributed by atoms with van der Waals surface area (Å²) >= 11 is 0. The lowest BCUT2D eigenvalue weighted by molar-refractivity contribution is -0.670. The van der Waals surface area contributed by atoms with Crippen LogP contribution in [0.4, 0.5) is 0 Å². The van der Waals surface area contributed by atoms with Crippen LogP contribution in [0.15, 0.2) is 36.4 Å². The minimum atomic E-state index is 0.623. The molecule has 0 heterocycles. The molecule has 0 radical (unpaired) electrons. The Labute approximate surface area is 143 Å². The number of hydrogen-bond donors (Lipinski definition) is 1. The Bertz CT molecular complexity index is 633. The molecule has 5 heteroatoms. The fourth-order valence-corrected chi connectivity index (χ4v) is 2.69. The zero-order valence-electron chi connectivity index (χ0n) is 14.8. The second-order valence-corrected chi connectivity index (χ2v) is 5.38. The molecule has 0 bridgehead atoms. The largest absolute Gasteiger partial charge is 0.496 e. The zero-order chi connectivity index (χ0) is 17.4. The number of methoxy groups -OCH3 is 4. The summed E-state index contributed by atoms with van der Waals surface area (Å²) in [5.41, 5.74) is 2.35. The Kier molecular flexibility index (Phi) is 6.75. The van der Waals surface area contributed by atoms with E-state index in [9.17, 15) is 0 Å². The van der Waals surface area contributed by atoms with E-state index in [1.54, 1.807) is 28.4 Å². The monoisotopic (exact) mass is 332 g/mol. The number of ether oxygens (including phenoxy) is 4. The molecule has 0 aliphatic heterocycles. The van der Waals surface area contributed by atoms with Gasteiger partial charge in [-0.05, 0) is 23.8 Å². The number of hydrogen-bond acceptors (Lipinski definition) is 4. The molecule has 0 saturated carbocycles. The standard InChI is InChI=1S/C19H25NO4/c1-21-16-8-6-5-7-15(16)9-10-20-13-14-11-17(22-2)19(24-4)18(12-14)23-3/h5-8,11-12,20H,9-10,13H2,1-4H3/p+1. The molecule has 0 saturated heterocycles. The maximum Gasteiger partial charge on any atom is 0.203 e. The summed E-state index contributed by atoms with van der Waals surface area (Å²) in [5, 5.41) is 2.26. The summed E-state index contributed by atoms with van der Waals surface area (Å²) in [6.07, 6.45) is 0.953. The molecule has 2 aromatic rings. The predicted octanol–water partition coefficient (Wildman–Crippen LogP) is 2.03. The maximum absolute atomic E-state index is 5.39. The fraction of sp³-hybridized carbons (Fsp3) is 0.368. The molecule has 0 aliphatic rings. The Morgan fingerprint density at radius 3 is 2.00 bits per heavy atom. The molecule has 130 valence electrons. The van der Waals surface area contributed by atoms with Crippen molar-refractivity contribution < 1.29 is 24.3 Å². The van der Waals surface area contributed by atoms with E-state index >= 15 is 0 Å². The van der Waals surface area contributed by atoms with Crippen molar-refractivity contribution in [3.05, 3.63) is 47.5 Å². The lowest BCUT2D eigenvalue weighted by atomic mass is 10.1. The lowest BCUT2D eigenvalue weighted by Gasteiger charge is -2.13.